The lowest BCUT2D eigenvalue weighted by atomic mass is 10.2. The van der Waals surface area contributed by atoms with E-state index in [0.29, 0.717) is 18.0 Å². The van der Waals surface area contributed by atoms with Crippen molar-refractivity contribution < 1.29 is 14.3 Å². The number of halogens is 1. The van der Waals surface area contributed by atoms with Crippen molar-refractivity contribution in [3.05, 3.63) is 53.0 Å². The molecule has 0 aliphatic carbocycles. The monoisotopic (exact) mass is 419 g/mol. The Kier molecular flexibility index (Phi) is 9.04. The van der Waals surface area contributed by atoms with E-state index in [2.05, 4.69) is 28.2 Å². The lowest BCUT2D eigenvalue weighted by molar-refractivity contribution is -0.118. The molecule has 2 rings (SSSR count). The van der Waals surface area contributed by atoms with E-state index < -0.39 is 0 Å². The molecule has 26 heavy (non-hydrogen) atoms. The number of amides is 1. The number of nitrogens with one attached hydrogen (secondary N) is 1. The van der Waals surface area contributed by atoms with Crippen molar-refractivity contribution in [2.75, 3.05) is 18.5 Å². The highest BCUT2D eigenvalue weighted by Gasteiger charge is 2.05. The molecule has 0 atom stereocenters. The van der Waals surface area contributed by atoms with Crippen LogP contribution in [0.2, 0.25) is 0 Å². The second kappa shape index (κ2) is 11.6. The van der Waals surface area contributed by atoms with Crippen molar-refractivity contribution in [1.29, 1.82) is 0 Å². The number of rotatable bonds is 11. The number of benzene rings is 2. The molecule has 4 nitrogen and oxygen atoms in total. The highest BCUT2D eigenvalue weighted by Crippen LogP contribution is 2.19. The van der Waals surface area contributed by atoms with Crippen molar-refractivity contribution in [2.45, 2.75) is 39.0 Å². The standard InChI is InChI=1S/C21H26BrNO3/c1-2-3-4-5-6-14-25-20-9-7-8-18(15-20)23-21(24)16-26-19-12-10-17(22)11-13-19/h7-13,15H,2-6,14,16H2,1H3,(H,23,24). The van der Waals surface area contributed by atoms with E-state index in [0.717, 1.165) is 16.6 Å². The molecule has 140 valence electrons. The Labute approximate surface area is 164 Å². The predicted molar refractivity (Wildman–Crippen MR) is 109 cm³/mol. The van der Waals surface area contributed by atoms with Crippen LogP contribution in [0.4, 0.5) is 5.69 Å². The zero-order valence-corrected chi connectivity index (χ0v) is 16.8. The van der Waals surface area contributed by atoms with Crippen molar-refractivity contribution in [3.63, 3.8) is 0 Å². The molecule has 0 spiro atoms. The third kappa shape index (κ3) is 7.91. The van der Waals surface area contributed by atoms with E-state index >= 15 is 0 Å². The lowest BCUT2D eigenvalue weighted by Crippen LogP contribution is -2.20. The summed E-state index contributed by atoms with van der Waals surface area (Å²) in [7, 11) is 0. The number of unbranched alkanes of at least 4 members (excludes halogenated alkanes) is 4. The molecular weight excluding hydrogens is 394 g/mol. The van der Waals surface area contributed by atoms with Crippen LogP contribution in [0.15, 0.2) is 53.0 Å². The lowest BCUT2D eigenvalue weighted by Gasteiger charge is -2.10. The largest absolute Gasteiger partial charge is 0.494 e. The fraction of sp³-hybridized carbons (Fsp3) is 0.381. The topological polar surface area (TPSA) is 47.6 Å². The summed E-state index contributed by atoms with van der Waals surface area (Å²) in [4.78, 5) is 12.0. The Morgan fingerprint density at radius 3 is 2.50 bits per heavy atom. The summed E-state index contributed by atoms with van der Waals surface area (Å²) < 4.78 is 12.2. The Bertz CT molecular complexity index is 673. The van der Waals surface area contributed by atoms with Gasteiger partial charge in [0.15, 0.2) is 6.61 Å². The average molecular weight is 420 g/mol. The summed E-state index contributed by atoms with van der Waals surface area (Å²) in [6.45, 7) is 2.87. The zero-order valence-electron chi connectivity index (χ0n) is 15.2. The minimum atomic E-state index is -0.204. The van der Waals surface area contributed by atoms with Crippen LogP contribution in [0, 0.1) is 0 Å². The summed E-state index contributed by atoms with van der Waals surface area (Å²) >= 11 is 3.36. The Balaban J connectivity index is 1.72. The summed E-state index contributed by atoms with van der Waals surface area (Å²) in [6.07, 6.45) is 6.03. The minimum absolute atomic E-state index is 0.0376. The molecular formula is C21H26BrNO3. The first-order chi connectivity index (χ1) is 12.7. The third-order valence-electron chi connectivity index (χ3n) is 3.82. The average Bonchev–Trinajstić information content (AvgIpc) is 2.64. The summed E-state index contributed by atoms with van der Waals surface area (Å²) in [5.41, 5.74) is 0.706. The number of hydrogen-bond donors (Lipinski definition) is 1. The fourth-order valence-electron chi connectivity index (χ4n) is 2.44. The highest BCUT2D eigenvalue weighted by molar-refractivity contribution is 9.10. The number of anilines is 1. The van der Waals surface area contributed by atoms with Gasteiger partial charge in [-0.15, -0.1) is 0 Å². The van der Waals surface area contributed by atoms with Crippen LogP contribution in [0.3, 0.4) is 0 Å². The van der Waals surface area contributed by atoms with Crippen LogP contribution in [-0.2, 0) is 4.79 Å². The number of ether oxygens (including phenoxy) is 2. The van der Waals surface area contributed by atoms with Gasteiger partial charge >= 0.3 is 0 Å². The van der Waals surface area contributed by atoms with Gasteiger partial charge in [-0.3, -0.25) is 4.79 Å². The van der Waals surface area contributed by atoms with E-state index in [-0.39, 0.29) is 12.5 Å². The van der Waals surface area contributed by atoms with Crippen molar-refractivity contribution in [3.8, 4) is 11.5 Å². The van der Waals surface area contributed by atoms with Crippen LogP contribution in [0.1, 0.15) is 39.0 Å². The van der Waals surface area contributed by atoms with E-state index in [1.54, 1.807) is 0 Å². The van der Waals surface area contributed by atoms with Crippen molar-refractivity contribution in [2.24, 2.45) is 0 Å². The van der Waals surface area contributed by atoms with Crippen LogP contribution in [-0.4, -0.2) is 19.1 Å². The number of carbonyl (C=O) groups is 1. The molecule has 0 aliphatic heterocycles. The van der Waals surface area contributed by atoms with Gasteiger partial charge in [0.1, 0.15) is 11.5 Å². The maximum Gasteiger partial charge on any atom is 0.262 e. The van der Waals surface area contributed by atoms with Crippen molar-refractivity contribution in [1.82, 2.24) is 0 Å². The second-order valence-electron chi connectivity index (χ2n) is 6.08. The summed E-state index contributed by atoms with van der Waals surface area (Å²) in [5, 5.41) is 2.83. The summed E-state index contributed by atoms with van der Waals surface area (Å²) in [6, 6.07) is 14.8. The van der Waals surface area contributed by atoms with E-state index in [4.69, 9.17) is 9.47 Å². The molecule has 0 aliphatic rings. The quantitative estimate of drug-likeness (QED) is 0.467. The van der Waals surface area contributed by atoms with Crippen molar-refractivity contribution >= 4 is 27.5 Å². The molecule has 2 aromatic carbocycles. The van der Waals surface area contributed by atoms with Gasteiger partial charge in [0.2, 0.25) is 0 Å². The smallest absolute Gasteiger partial charge is 0.262 e. The van der Waals surface area contributed by atoms with Gasteiger partial charge in [0.05, 0.1) is 6.61 Å². The third-order valence-corrected chi connectivity index (χ3v) is 4.35. The van der Waals surface area contributed by atoms with Crippen LogP contribution < -0.4 is 14.8 Å². The first kappa shape index (κ1) is 20.3. The minimum Gasteiger partial charge on any atom is -0.494 e. The van der Waals surface area contributed by atoms with Crippen LogP contribution in [0.5, 0.6) is 11.5 Å². The zero-order chi connectivity index (χ0) is 18.6. The Morgan fingerprint density at radius 2 is 1.73 bits per heavy atom. The molecule has 1 N–H and O–H groups in total. The van der Waals surface area contributed by atoms with Gasteiger partial charge in [-0.1, -0.05) is 54.6 Å². The predicted octanol–water partition coefficient (Wildman–Crippen LogP) is 5.82. The molecule has 2 aromatic rings. The molecule has 0 saturated heterocycles. The van der Waals surface area contributed by atoms with E-state index in [9.17, 15) is 4.79 Å². The fourth-order valence-corrected chi connectivity index (χ4v) is 2.70. The van der Waals surface area contributed by atoms with Gasteiger partial charge in [-0.05, 0) is 42.8 Å². The van der Waals surface area contributed by atoms with Crippen LogP contribution in [0.25, 0.3) is 0 Å². The highest BCUT2D eigenvalue weighted by atomic mass is 79.9. The van der Waals surface area contributed by atoms with Crippen LogP contribution >= 0.6 is 15.9 Å². The molecule has 0 heterocycles. The Morgan fingerprint density at radius 1 is 0.962 bits per heavy atom. The number of carbonyl (C=O) groups excluding carboxylic acids is 1. The SMILES string of the molecule is CCCCCCCOc1cccc(NC(=O)COc2ccc(Br)cc2)c1. The number of hydrogen-bond acceptors (Lipinski definition) is 3. The van der Waals surface area contributed by atoms with Gasteiger partial charge in [0, 0.05) is 16.2 Å². The van der Waals surface area contributed by atoms with E-state index in [1.807, 2.05) is 48.5 Å². The van der Waals surface area contributed by atoms with Gasteiger partial charge in [0.25, 0.3) is 5.91 Å². The molecule has 0 fully saturated rings. The molecule has 0 aromatic heterocycles. The molecule has 0 bridgehead atoms. The molecule has 5 heteroatoms. The maximum atomic E-state index is 12.0. The first-order valence-corrected chi connectivity index (χ1v) is 9.88. The van der Waals surface area contributed by atoms with E-state index in [1.165, 1.54) is 25.7 Å². The molecule has 1 amide bonds. The normalized spacial score (nSPS) is 10.4. The van der Waals surface area contributed by atoms with Gasteiger partial charge < -0.3 is 14.8 Å². The second-order valence-corrected chi connectivity index (χ2v) is 7.00. The summed E-state index contributed by atoms with van der Waals surface area (Å²) in [5.74, 6) is 1.22. The van der Waals surface area contributed by atoms with Gasteiger partial charge in [-0.2, -0.15) is 0 Å². The Hall–Kier alpha value is -2.01. The molecule has 0 unspecified atom stereocenters. The molecule has 0 radical (unpaired) electrons. The first-order valence-electron chi connectivity index (χ1n) is 9.08. The maximum absolute atomic E-state index is 12.0. The molecule has 0 saturated carbocycles. The van der Waals surface area contributed by atoms with Gasteiger partial charge in [-0.25, -0.2) is 0 Å².